The highest BCUT2D eigenvalue weighted by molar-refractivity contribution is 6.30. The van der Waals surface area contributed by atoms with Gasteiger partial charge in [0.05, 0.1) is 12.6 Å². The van der Waals surface area contributed by atoms with Crippen LogP contribution < -0.4 is 5.73 Å². The molecule has 2 rings (SSSR count). The van der Waals surface area contributed by atoms with Gasteiger partial charge in [-0.05, 0) is 19.2 Å². The van der Waals surface area contributed by atoms with Crippen LogP contribution in [0.1, 0.15) is 17.4 Å². The molecule has 0 bridgehead atoms. The fourth-order valence-corrected chi connectivity index (χ4v) is 2.36. The highest BCUT2D eigenvalue weighted by atomic mass is 35.5. The Bertz CT molecular complexity index is 584. The number of aryl methyl sites for hydroxylation is 1. The topological polar surface area (TPSA) is 47.1 Å². The Hall–Kier alpha value is -1.43. The van der Waals surface area contributed by atoms with Gasteiger partial charge in [0.15, 0.2) is 0 Å². The van der Waals surface area contributed by atoms with Crippen molar-refractivity contribution in [2.24, 2.45) is 12.8 Å². The molecule has 1 unspecified atom stereocenters. The minimum absolute atomic E-state index is 0.219. The molecule has 1 aromatic heterocycles. The number of hydrogen-bond acceptors (Lipinski definition) is 3. The van der Waals surface area contributed by atoms with Crippen molar-refractivity contribution in [3.05, 3.63) is 52.8 Å². The van der Waals surface area contributed by atoms with Crippen LogP contribution in [0.2, 0.25) is 5.02 Å². The van der Waals surface area contributed by atoms with E-state index in [9.17, 15) is 4.39 Å². The molecule has 0 fully saturated rings. The van der Waals surface area contributed by atoms with Gasteiger partial charge in [-0.25, -0.2) is 9.37 Å². The van der Waals surface area contributed by atoms with Gasteiger partial charge in [-0.15, -0.1) is 0 Å². The fraction of sp³-hybridized carbons (Fsp3) is 0.357. The van der Waals surface area contributed by atoms with Crippen molar-refractivity contribution in [3.8, 4) is 0 Å². The van der Waals surface area contributed by atoms with E-state index < -0.39 is 0 Å². The monoisotopic (exact) mass is 296 g/mol. The summed E-state index contributed by atoms with van der Waals surface area (Å²) in [5.74, 6) is 0.569. The van der Waals surface area contributed by atoms with Crippen molar-refractivity contribution in [2.75, 3.05) is 13.6 Å². The molecule has 20 heavy (non-hydrogen) atoms. The van der Waals surface area contributed by atoms with Crippen molar-refractivity contribution in [2.45, 2.75) is 12.6 Å². The molecular weight excluding hydrogens is 279 g/mol. The van der Waals surface area contributed by atoms with E-state index in [4.69, 9.17) is 17.3 Å². The molecule has 1 atom stereocenters. The normalized spacial score (nSPS) is 12.9. The van der Waals surface area contributed by atoms with Crippen LogP contribution in [-0.4, -0.2) is 28.0 Å². The summed E-state index contributed by atoms with van der Waals surface area (Å²) in [6.45, 7) is 0.910. The Labute approximate surface area is 123 Å². The van der Waals surface area contributed by atoms with Gasteiger partial charge in [-0.3, -0.25) is 4.90 Å². The largest absolute Gasteiger partial charge is 0.337 e. The van der Waals surface area contributed by atoms with Gasteiger partial charge in [0, 0.05) is 36.6 Å². The number of nitrogens with two attached hydrogens (primary N) is 1. The maximum absolute atomic E-state index is 14.0. The average molecular weight is 297 g/mol. The lowest BCUT2D eigenvalue weighted by Crippen LogP contribution is -2.31. The molecule has 6 heteroatoms. The standard InChI is InChI=1S/C14H18ClFN4/c1-19-6-5-18-14(19)9-20(2)13(8-17)11-4-3-10(15)7-12(11)16/h3-7,13H,8-9,17H2,1-2H3. The third kappa shape index (κ3) is 3.17. The van der Waals surface area contributed by atoms with Crippen molar-refractivity contribution < 1.29 is 4.39 Å². The lowest BCUT2D eigenvalue weighted by molar-refractivity contribution is 0.229. The summed E-state index contributed by atoms with van der Waals surface area (Å²) in [6, 6.07) is 4.46. The number of halogens is 2. The number of benzene rings is 1. The first kappa shape index (κ1) is 15.0. The van der Waals surface area contributed by atoms with E-state index in [0.717, 1.165) is 5.82 Å². The van der Waals surface area contributed by atoms with Crippen molar-refractivity contribution in [1.29, 1.82) is 0 Å². The first-order chi connectivity index (χ1) is 9.52. The Balaban J connectivity index is 2.21. The second kappa shape index (κ2) is 6.35. The maximum atomic E-state index is 14.0. The number of aromatic nitrogens is 2. The number of imidazole rings is 1. The molecule has 0 aliphatic carbocycles. The molecular formula is C14H18ClFN4. The molecule has 0 aliphatic rings. The maximum Gasteiger partial charge on any atom is 0.129 e. The highest BCUT2D eigenvalue weighted by Crippen LogP contribution is 2.25. The molecule has 1 aromatic carbocycles. The van der Waals surface area contributed by atoms with E-state index >= 15 is 0 Å². The Morgan fingerprint density at radius 3 is 2.80 bits per heavy atom. The minimum Gasteiger partial charge on any atom is -0.337 e. The van der Waals surface area contributed by atoms with E-state index in [-0.39, 0.29) is 11.9 Å². The first-order valence-corrected chi connectivity index (χ1v) is 6.72. The van der Waals surface area contributed by atoms with Gasteiger partial charge < -0.3 is 10.3 Å². The number of rotatable bonds is 5. The molecule has 0 spiro atoms. The zero-order chi connectivity index (χ0) is 14.7. The van der Waals surface area contributed by atoms with Gasteiger partial charge in [0.25, 0.3) is 0 Å². The van der Waals surface area contributed by atoms with Crippen LogP contribution in [0.3, 0.4) is 0 Å². The molecule has 4 nitrogen and oxygen atoms in total. The summed E-state index contributed by atoms with van der Waals surface area (Å²) in [4.78, 5) is 6.25. The third-order valence-corrected chi connectivity index (χ3v) is 3.62. The molecule has 2 aromatic rings. The van der Waals surface area contributed by atoms with E-state index in [0.29, 0.717) is 23.7 Å². The third-order valence-electron chi connectivity index (χ3n) is 3.39. The lowest BCUT2D eigenvalue weighted by Gasteiger charge is -2.27. The summed E-state index contributed by atoms with van der Waals surface area (Å²) in [5.41, 5.74) is 6.36. The molecule has 0 amide bonds. The number of hydrogen-bond donors (Lipinski definition) is 1. The van der Waals surface area contributed by atoms with Crippen LogP contribution in [0.15, 0.2) is 30.6 Å². The van der Waals surface area contributed by atoms with Crippen LogP contribution in [0.4, 0.5) is 4.39 Å². The van der Waals surface area contributed by atoms with Crippen molar-refractivity contribution >= 4 is 11.6 Å². The summed E-state index contributed by atoms with van der Waals surface area (Å²) in [5, 5.41) is 0.383. The molecule has 1 heterocycles. The average Bonchev–Trinajstić information content (AvgIpc) is 2.78. The van der Waals surface area contributed by atoms with Gasteiger partial charge in [0.2, 0.25) is 0 Å². The number of likely N-dealkylation sites (N-methyl/N-ethyl adjacent to an activating group) is 1. The predicted molar refractivity (Wildman–Crippen MR) is 77.9 cm³/mol. The smallest absolute Gasteiger partial charge is 0.129 e. The van der Waals surface area contributed by atoms with E-state index in [1.165, 1.54) is 6.07 Å². The van der Waals surface area contributed by atoms with Gasteiger partial charge in [-0.2, -0.15) is 0 Å². The minimum atomic E-state index is -0.334. The van der Waals surface area contributed by atoms with E-state index in [1.807, 2.05) is 29.8 Å². The van der Waals surface area contributed by atoms with Crippen molar-refractivity contribution in [1.82, 2.24) is 14.5 Å². The second-order valence-electron chi connectivity index (χ2n) is 4.79. The molecule has 0 saturated carbocycles. The van der Waals surface area contributed by atoms with Crippen LogP contribution in [0.5, 0.6) is 0 Å². The first-order valence-electron chi connectivity index (χ1n) is 6.34. The highest BCUT2D eigenvalue weighted by Gasteiger charge is 2.20. The molecule has 0 radical (unpaired) electrons. The zero-order valence-electron chi connectivity index (χ0n) is 11.6. The predicted octanol–water partition coefficient (Wildman–Crippen LogP) is 2.34. The Morgan fingerprint density at radius 2 is 2.25 bits per heavy atom. The lowest BCUT2D eigenvalue weighted by atomic mass is 10.1. The fourth-order valence-electron chi connectivity index (χ4n) is 2.20. The summed E-state index contributed by atoms with van der Waals surface area (Å²) in [7, 11) is 3.83. The Morgan fingerprint density at radius 1 is 1.50 bits per heavy atom. The molecule has 0 saturated heterocycles. The van der Waals surface area contributed by atoms with Gasteiger partial charge >= 0.3 is 0 Å². The van der Waals surface area contributed by atoms with Gasteiger partial charge in [-0.1, -0.05) is 17.7 Å². The van der Waals surface area contributed by atoms with Crippen LogP contribution >= 0.6 is 11.6 Å². The molecule has 0 aliphatic heterocycles. The summed E-state index contributed by atoms with van der Waals surface area (Å²) >= 11 is 5.78. The van der Waals surface area contributed by atoms with Gasteiger partial charge in [0.1, 0.15) is 11.6 Å². The van der Waals surface area contributed by atoms with Crippen LogP contribution in [0, 0.1) is 5.82 Å². The molecule has 108 valence electrons. The SMILES string of the molecule is CN(Cc1nccn1C)C(CN)c1ccc(Cl)cc1F. The second-order valence-corrected chi connectivity index (χ2v) is 5.22. The molecule has 2 N–H and O–H groups in total. The Kier molecular flexibility index (Phi) is 4.75. The van der Waals surface area contributed by atoms with Crippen molar-refractivity contribution in [3.63, 3.8) is 0 Å². The van der Waals surface area contributed by atoms with E-state index in [2.05, 4.69) is 4.98 Å². The summed E-state index contributed by atoms with van der Waals surface area (Å²) in [6.07, 6.45) is 3.62. The number of nitrogens with zero attached hydrogens (tertiary/aromatic N) is 3. The van der Waals surface area contributed by atoms with Crippen LogP contribution in [0.25, 0.3) is 0 Å². The summed E-state index contributed by atoms with van der Waals surface area (Å²) < 4.78 is 16.0. The van der Waals surface area contributed by atoms with Crippen LogP contribution in [-0.2, 0) is 13.6 Å². The zero-order valence-corrected chi connectivity index (χ0v) is 12.3. The quantitative estimate of drug-likeness (QED) is 0.921. The van der Waals surface area contributed by atoms with E-state index in [1.54, 1.807) is 18.3 Å².